The normalized spacial score (nSPS) is 12.1. The van der Waals surface area contributed by atoms with Crippen molar-refractivity contribution in [2.75, 3.05) is 5.32 Å². The lowest BCUT2D eigenvalue weighted by molar-refractivity contribution is -0.146. The number of aromatic carboxylic acids is 1. The van der Waals surface area contributed by atoms with E-state index in [4.69, 9.17) is 0 Å². The van der Waals surface area contributed by atoms with Gasteiger partial charge in [0.25, 0.3) is 5.91 Å². The predicted octanol–water partition coefficient (Wildman–Crippen LogP) is 4.22. The molecule has 1 heterocycles. The first kappa shape index (κ1) is 20.5. The molecule has 0 saturated heterocycles. The molecule has 0 aliphatic carbocycles. The summed E-state index contributed by atoms with van der Waals surface area (Å²) in [7, 11) is 0. The molecule has 1 aromatic heterocycles. The highest BCUT2D eigenvalue weighted by Gasteiger charge is 2.42. The van der Waals surface area contributed by atoms with Crippen LogP contribution in [0.15, 0.2) is 18.3 Å². The number of aryl methyl sites for hydroxylation is 2. The summed E-state index contributed by atoms with van der Waals surface area (Å²) in [6.45, 7) is 7.84. The number of benzene rings is 1. The van der Waals surface area contributed by atoms with Gasteiger partial charge in [-0.1, -0.05) is 6.07 Å². The minimum absolute atomic E-state index is 0.0441. The van der Waals surface area contributed by atoms with Crippen molar-refractivity contribution in [3.05, 3.63) is 46.3 Å². The molecule has 0 unspecified atom stereocenters. The van der Waals surface area contributed by atoms with Gasteiger partial charge in [0.2, 0.25) is 0 Å². The number of nitrogens with zero attached hydrogens (tertiary/aromatic N) is 2. The largest absolute Gasteiger partial charge is 0.478 e. The Bertz CT molecular complexity index is 909. The van der Waals surface area contributed by atoms with Crippen molar-refractivity contribution in [2.45, 2.75) is 46.3 Å². The molecule has 1 amide bonds. The number of carboxylic acid groups (broad SMARTS) is 1. The number of halogens is 3. The smallest absolute Gasteiger partial charge is 0.433 e. The summed E-state index contributed by atoms with van der Waals surface area (Å²) in [5, 5.41) is 15.3. The van der Waals surface area contributed by atoms with E-state index in [2.05, 4.69) is 10.4 Å². The Kier molecular flexibility index (Phi) is 5.09. The number of anilines is 1. The fourth-order valence-electron chi connectivity index (χ4n) is 2.70. The number of amides is 1. The van der Waals surface area contributed by atoms with E-state index < -0.39 is 34.8 Å². The van der Waals surface area contributed by atoms with Gasteiger partial charge in [0, 0.05) is 5.69 Å². The van der Waals surface area contributed by atoms with Gasteiger partial charge in [-0.15, -0.1) is 0 Å². The van der Waals surface area contributed by atoms with Crippen molar-refractivity contribution in [3.63, 3.8) is 0 Å². The summed E-state index contributed by atoms with van der Waals surface area (Å²) < 4.78 is 41.4. The van der Waals surface area contributed by atoms with Gasteiger partial charge in [-0.2, -0.15) is 18.3 Å². The van der Waals surface area contributed by atoms with Gasteiger partial charge in [-0.25, -0.2) is 4.79 Å². The highest BCUT2D eigenvalue weighted by molar-refractivity contribution is 6.06. The van der Waals surface area contributed by atoms with Crippen LogP contribution in [0, 0.1) is 13.8 Å². The summed E-state index contributed by atoms with van der Waals surface area (Å²) in [5.74, 6) is -2.21. The Morgan fingerprint density at radius 3 is 2.15 bits per heavy atom. The molecule has 0 spiro atoms. The third-order valence-corrected chi connectivity index (χ3v) is 3.97. The van der Waals surface area contributed by atoms with E-state index in [1.165, 1.54) is 6.07 Å². The number of hydrogen-bond donors (Lipinski definition) is 2. The third-order valence-electron chi connectivity index (χ3n) is 3.97. The number of nitrogens with one attached hydrogen (secondary N) is 1. The maximum atomic E-state index is 13.6. The Balaban J connectivity index is 2.51. The number of carbonyl (C=O) groups excluding carboxylic acids is 1. The van der Waals surface area contributed by atoms with Crippen LogP contribution in [-0.2, 0) is 11.7 Å². The minimum Gasteiger partial charge on any atom is -0.478 e. The first-order chi connectivity index (χ1) is 12.2. The Labute approximate surface area is 154 Å². The fraction of sp³-hybridized carbons (Fsp3) is 0.389. The van der Waals surface area contributed by atoms with E-state index in [0.29, 0.717) is 11.1 Å². The van der Waals surface area contributed by atoms with Crippen LogP contribution in [0.5, 0.6) is 0 Å². The number of carbonyl (C=O) groups is 2. The van der Waals surface area contributed by atoms with E-state index in [1.807, 2.05) is 0 Å². The maximum Gasteiger partial charge on any atom is 0.433 e. The number of carboxylic acids is 1. The highest BCUT2D eigenvalue weighted by Crippen LogP contribution is 2.35. The van der Waals surface area contributed by atoms with Gasteiger partial charge in [-0.3, -0.25) is 9.48 Å². The molecule has 0 bridgehead atoms. The van der Waals surface area contributed by atoms with Crippen molar-refractivity contribution < 1.29 is 27.9 Å². The van der Waals surface area contributed by atoms with Crippen LogP contribution >= 0.6 is 0 Å². The van der Waals surface area contributed by atoms with Crippen molar-refractivity contribution in [1.29, 1.82) is 0 Å². The average molecular weight is 383 g/mol. The summed E-state index contributed by atoms with van der Waals surface area (Å²) >= 11 is 0. The van der Waals surface area contributed by atoms with Gasteiger partial charge in [0.15, 0.2) is 5.69 Å². The molecule has 0 fully saturated rings. The first-order valence-corrected chi connectivity index (χ1v) is 8.05. The van der Waals surface area contributed by atoms with Crippen molar-refractivity contribution >= 4 is 17.6 Å². The quantitative estimate of drug-likeness (QED) is 0.831. The second-order valence-corrected chi connectivity index (χ2v) is 7.23. The average Bonchev–Trinajstić information content (AvgIpc) is 2.94. The molecule has 0 aliphatic heterocycles. The van der Waals surface area contributed by atoms with Crippen LogP contribution in [0.1, 0.15) is 58.3 Å². The zero-order valence-electron chi connectivity index (χ0n) is 15.5. The van der Waals surface area contributed by atoms with Crippen LogP contribution in [0.4, 0.5) is 18.9 Å². The topological polar surface area (TPSA) is 84.2 Å². The van der Waals surface area contributed by atoms with E-state index in [0.717, 1.165) is 10.9 Å². The lowest BCUT2D eigenvalue weighted by Crippen LogP contribution is -2.30. The minimum atomic E-state index is -4.79. The molecule has 0 atom stereocenters. The lowest BCUT2D eigenvalue weighted by atomic mass is 10.0. The fourth-order valence-corrected chi connectivity index (χ4v) is 2.70. The second-order valence-electron chi connectivity index (χ2n) is 7.23. The predicted molar refractivity (Wildman–Crippen MR) is 93.1 cm³/mol. The van der Waals surface area contributed by atoms with Gasteiger partial charge < -0.3 is 10.4 Å². The zero-order chi connectivity index (χ0) is 20.7. The molecule has 1 aromatic carbocycles. The number of alkyl halides is 3. The zero-order valence-corrected chi connectivity index (χ0v) is 15.5. The molecule has 27 heavy (non-hydrogen) atoms. The summed E-state index contributed by atoms with van der Waals surface area (Å²) in [6, 6.07) is 2.77. The molecule has 2 aromatic rings. The number of hydrogen-bond acceptors (Lipinski definition) is 3. The SMILES string of the molecule is Cc1cc(C)c(C(=O)O)cc1NC(=O)c1cnn(C(C)(C)C)c1C(F)(F)F. The molecule has 2 rings (SSSR count). The van der Waals surface area contributed by atoms with Gasteiger partial charge in [-0.05, 0) is 51.8 Å². The van der Waals surface area contributed by atoms with E-state index in [1.54, 1.807) is 40.7 Å². The lowest BCUT2D eigenvalue weighted by Gasteiger charge is -2.23. The molecule has 2 N–H and O–H groups in total. The van der Waals surface area contributed by atoms with Crippen molar-refractivity contribution in [2.24, 2.45) is 0 Å². The molecule has 0 aliphatic rings. The number of aromatic nitrogens is 2. The molecule has 0 saturated carbocycles. The van der Waals surface area contributed by atoms with Crippen LogP contribution in [0.3, 0.4) is 0 Å². The van der Waals surface area contributed by atoms with Crippen molar-refractivity contribution in [1.82, 2.24) is 9.78 Å². The molecule has 146 valence electrons. The Hall–Kier alpha value is -2.84. The Morgan fingerprint density at radius 1 is 1.07 bits per heavy atom. The van der Waals surface area contributed by atoms with Gasteiger partial charge >= 0.3 is 12.1 Å². The summed E-state index contributed by atoms with van der Waals surface area (Å²) in [5.41, 5.74) is -1.68. The summed E-state index contributed by atoms with van der Waals surface area (Å²) in [6.07, 6.45) is -3.92. The highest BCUT2D eigenvalue weighted by atomic mass is 19.4. The van der Waals surface area contributed by atoms with Crippen LogP contribution in [0.2, 0.25) is 0 Å². The van der Waals surface area contributed by atoms with Gasteiger partial charge in [0.05, 0.1) is 22.9 Å². The van der Waals surface area contributed by atoms with E-state index in [-0.39, 0.29) is 11.3 Å². The molecule has 9 heteroatoms. The second kappa shape index (κ2) is 6.71. The van der Waals surface area contributed by atoms with Gasteiger partial charge in [0.1, 0.15) is 0 Å². The Morgan fingerprint density at radius 2 is 1.67 bits per heavy atom. The summed E-state index contributed by atoms with van der Waals surface area (Å²) in [4.78, 5) is 23.8. The third kappa shape index (κ3) is 4.12. The first-order valence-electron chi connectivity index (χ1n) is 8.05. The maximum absolute atomic E-state index is 13.6. The molecular formula is C18H20F3N3O3. The van der Waals surface area contributed by atoms with Crippen molar-refractivity contribution in [3.8, 4) is 0 Å². The number of rotatable bonds is 3. The van der Waals surface area contributed by atoms with Crippen LogP contribution < -0.4 is 5.32 Å². The molecule has 6 nitrogen and oxygen atoms in total. The van der Waals surface area contributed by atoms with Crippen LogP contribution in [0.25, 0.3) is 0 Å². The monoisotopic (exact) mass is 383 g/mol. The standard InChI is InChI=1S/C18H20F3N3O3/c1-9-6-10(2)13(7-11(9)16(26)27)23-15(25)12-8-22-24(17(3,4)5)14(12)18(19,20)21/h6-8H,1-5H3,(H,23,25)(H,26,27). The molecular weight excluding hydrogens is 363 g/mol. The van der Waals surface area contributed by atoms with E-state index in [9.17, 15) is 27.9 Å². The van der Waals surface area contributed by atoms with E-state index >= 15 is 0 Å². The molecule has 0 radical (unpaired) electrons. The van der Waals surface area contributed by atoms with Crippen LogP contribution in [-0.4, -0.2) is 26.8 Å².